The molecular formula is C9H11N3OS. The maximum atomic E-state index is 8.65. The molecule has 1 aliphatic heterocycles. The molecule has 1 saturated heterocycles. The molecule has 4 nitrogen and oxygen atoms in total. The Morgan fingerprint density at radius 1 is 1.79 bits per heavy atom. The van der Waals surface area contributed by atoms with Crippen molar-refractivity contribution in [3.63, 3.8) is 0 Å². The van der Waals surface area contributed by atoms with Gasteiger partial charge in [-0.05, 0) is 6.92 Å². The SMILES string of the molecule is C[C@@H]1CN(c2nc(C#N)cs2)CCO1. The van der Waals surface area contributed by atoms with Crippen LogP contribution in [0.25, 0.3) is 0 Å². The van der Waals surface area contributed by atoms with Gasteiger partial charge < -0.3 is 9.64 Å². The van der Waals surface area contributed by atoms with Crippen LogP contribution in [-0.4, -0.2) is 30.8 Å². The van der Waals surface area contributed by atoms with Gasteiger partial charge in [0.1, 0.15) is 6.07 Å². The lowest BCUT2D eigenvalue weighted by Gasteiger charge is -2.30. The van der Waals surface area contributed by atoms with Crippen molar-refractivity contribution in [2.45, 2.75) is 13.0 Å². The molecule has 2 rings (SSSR count). The van der Waals surface area contributed by atoms with Gasteiger partial charge in [0.25, 0.3) is 0 Å². The van der Waals surface area contributed by atoms with E-state index in [1.54, 1.807) is 5.38 Å². The van der Waals surface area contributed by atoms with E-state index in [1.165, 1.54) is 11.3 Å². The third kappa shape index (κ3) is 1.86. The highest BCUT2D eigenvalue weighted by Gasteiger charge is 2.19. The van der Waals surface area contributed by atoms with Gasteiger partial charge in [0.15, 0.2) is 10.8 Å². The molecule has 0 bridgehead atoms. The maximum Gasteiger partial charge on any atom is 0.186 e. The Morgan fingerprint density at radius 3 is 3.29 bits per heavy atom. The molecule has 0 radical (unpaired) electrons. The molecule has 1 aliphatic rings. The summed E-state index contributed by atoms with van der Waals surface area (Å²) in [6.45, 7) is 4.51. The van der Waals surface area contributed by atoms with Gasteiger partial charge in [0.05, 0.1) is 12.7 Å². The summed E-state index contributed by atoms with van der Waals surface area (Å²) >= 11 is 1.52. The van der Waals surface area contributed by atoms with Crippen molar-refractivity contribution in [3.05, 3.63) is 11.1 Å². The van der Waals surface area contributed by atoms with Crippen molar-refractivity contribution in [3.8, 4) is 6.07 Å². The lowest BCUT2D eigenvalue weighted by molar-refractivity contribution is 0.0532. The monoisotopic (exact) mass is 209 g/mol. The molecule has 0 N–H and O–H groups in total. The second-order valence-corrected chi connectivity index (χ2v) is 4.09. The van der Waals surface area contributed by atoms with Crippen LogP contribution in [0, 0.1) is 11.3 Å². The largest absolute Gasteiger partial charge is 0.375 e. The van der Waals surface area contributed by atoms with Gasteiger partial charge in [0.2, 0.25) is 0 Å². The predicted molar refractivity (Wildman–Crippen MR) is 54.5 cm³/mol. The van der Waals surface area contributed by atoms with E-state index in [9.17, 15) is 0 Å². The summed E-state index contributed by atoms with van der Waals surface area (Å²) in [5, 5.41) is 11.4. The second kappa shape index (κ2) is 3.95. The Labute approximate surface area is 86.7 Å². The lowest BCUT2D eigenvalue weighted by atomic mass is 10.3. The van der Waals surface area contributed by atoms with E-state index in [2.05, 4.69) is 9.88 Å². The summed E-state index contributed by atoms with van der Waals surface area (Å²) in [6, 6.07) is 2.04. The summed E-state index contributed by atoms with van der Waals surface area (Å²) in [4.78, 5) is 6.38. The summed E-state index contributed by atoms with van der Waals surface area (Å²) < 4.78 is 5.43. The smallest absolute Gasteiger partial charge is 0.186 e. The van der Waals surface area contributed by atoms with Crippen molar-refractivity contribution >= 4 is 16.5 Å². The average molecular weight is 209 g/mol. The van der Waals surface area contributed by atoms with Crippen molar-refractivity contribution in [1.82, 2.24) is 4.98 Å². The predicted octanol–water partition coefficient (Wildman–Crippen LogP) is 1.24. The molecule has 1 fully saturated rings. The number of aromatic nitrogens is 1. The number of rotatable bonds is 1. The van der Waals surface area contributed by atoms with Crippen LogP contribution < -0.4 is 4.90 Å². The molecule has 0 saturated carbocycles. The quantitative estimate of drug-likeness (QED) is 0.698. The molecule has 0 amide bonds. The number of morpholine rings is 1. The molecule has 1 atom stereocenters. The van der Waals surface area contributed by atoms with Gasteiger partial charge in [0, 0.05) is 18.5 Å². The van der Waals surface area contributed by atoms with E-state index in [-0.39, 0.29) is 6.10 Å². The Kier molecular flexibility index (Phi) is 2.66. The van der Waals surface area contributed by atoms with Crippen molar-refractivity contribution in [1.29, 1.82) is 5.26 Å². The Bertz CT molecular complexity index is 357. The Hall–Kier alpha value is -1.12. The van der Waals surface area contributed by atoms with E-state index >= 15 is 0 Å². The lowest BCUT2D eigenvalue weighted by Crippen LogP contribution is -2.41. The normalized spacial score (nSPS) is 22.0. The van der Waals surface area contributed by atoms with Crippen molar-refractivity contribution in [2.75, 3.05) is 24.6 Å². The summed E-state index contributed by atoms with van der Waals surface area (Å²) in [5.41, 5.74) is 0.504. The highest BCUT2D eigenvalue weighted by molar-refractivity contribution is 7.13. The number of nitriles is 1. The van der Waals surface area contributed by atoms with E-state index in [0.717, 1.165) is 24.8 Å². The molecular weight excluding hydrogens is 198 g/mol. The molecule has 5 heteroatoms. The van der Waals surface area contributed by atoms with Crippen LogP contribution in [0.15, 0.2) is 5.38 Å². The van der Waals surface area contributed by atoms with Gasteiger partial charge in [-0.3, -0.25) is 0 Å². The molecule has 0 aliphatic carbocycles. The minimum absolute atomic E-state index is 0.248. The standard InChI is InChI=1S/C9H11N3OS/c1-7-5-12(2-3-13-7)9-11-8(4-10)6-14-9/h6-7H,2-3,5H2,1H3/t7-/m1/s1. The minimum atomic E-state index is 0.248. The molecule has 0 unspecified atom stereocenters. The van der Waals surface area contributed by atoms with Crippen LogP contribution in [0.3, 0.4) is 0 Å². The van der Waals surface area contributed by atoms with E-state index in [1.807, 2.05) is 13.0 Å². The summed E-state index contributed by atoms with van der Waals surface area (Å²) in [5.74, 6) is 0. The molecule has 0 aromatic carbocycles. The van der Waals surface area contributed by atoms with Crippen molar-refractivity contribution < 1.29 is 4.74 Å². The molecule has 1 aromatic rings. The maximum absolute atomic E-state index is 8.65. The van der Waals surface area contributed by atoms with Crippen molar-refractivity contribution in [2.24, 2.45) is 0 Å². The van der Waals surface area contributed by atoms with Gasteiger partial charge in [-0.15, -0.1) is 11.3 Å². The van der Waals surface area contributed by atoms with Crippen LogP contribution in [0.1, 0.15) is 12.6 Å². The third-order valence-corrected chi connectivity index (χ3v) is 3.02. The zero-order chi connectivity index (χ0) is 9.97. The zero-order valence-electron chi connectivity index (χ0n) is 7.93. The molecule has 1 aromatic heterocycles. The van der Waals surface area contributed by atoms with Gasteiger partial charge in [-0.25, -0.2) is 4.98 Å². The van der Waals surface area contributed by atoms with Crippen LogP contribution in [0.5, 0.6) is 0 Å². The Morgan fingerprint density at radius 2 is 2.64 bits per heavy atom. The first-order chi connectivity index (χ1) is 6.79. The first-order valence-electron chi connectivity index (χ1n) is 4.52. The summed E-state index contributed by atoms with van der Waals surface area (Å²) in [6.07, 6.45) is 0.248. The highest BCUT2D eigenvalue weighted by atomic mass is 32.1. The molecule has 74 valence electrons. The first kappa shape index (κ1) is 9.44. The Balaban J connectivity index is 2.10. The van der Waals surface area contributed by atoms with Gasteiger partial charge >= 0.3 is 0 Å². The van der Waals surface area contributed by atoms with Crippen LogP contribution >= 0.6 is 11.3 Å². The topological polar surface area (TPSA) is 49.2 Å². The zero-order valence-corrected chi connectivity index (χ0v) is 8.75. The van der Waals surface area contributed by atoms with Gasteiger partial charge in [-0.2, -0.15) is 5.26 Å². The van der Waals surface area contributed by atoms with Crippen LogP contribution in [0.2, 0.25) is 0 Å². The summed E-state index contributed by atoms with van der Waals surface area (Å²) in [7, 11) is 0. The first-order valence-corrected chi connectivity index (χ1v) is 5.40. The van der Waals surface area contributed by atoms with Crippen LogP contribution in [0.4, 0.5) is 5.13 Å². The molecule has 2 heterocycles. The highest BCUT2D eigenvalue weighted by Crippen LogP contribution is 2.22. The van der Waals surface area contributed by atoms with Gasteiger partial charge in [-0.1, -0.05) is 0 Å². The van der Waals surface area contributed by atoms with E-state index in [0.29, 0.717) is 5.69 Å². The average Bonchev–Trinajstić information content (AvgIpc) is 2.66. The fraction of sp³-hybridized carbons (Fsp3) is 0.556. The second-order valence-electron chi connectivity index (χ2n) is 3.25. The molecule has 0 spiro atoms. The van der Waals surface area contributed by atoms with E-state index in [4.69, 9.17) is 10.00 Å². The number of nitrogens with zero attached hydrogens (tertiary/aromatic N) is 3. The minimum Gasteiger partial charge on any atom is -0.375 e. The van der Waals surface area contributed by atoms with E-state index < -0.39 is 0 Å². The molecule has 14 heavy (non-hydrogen) atoms. The fourth-order valence-corrected chi connectivity index (χ4v) is 2.24. The number of thiazole rings is 1. The number of anilines is 1. The third-order valence-electron chi connectivity index (χ3n) is 2.12. The number of ether oxygens (including phenoxy) is 1. The van der Waals surface area contributed by atoms with Crippen LogP contribution in [-0.2, 0) is 4.74 Å². The number of hydrogen-bond donors (Lipinski definition) is 0. The fourth-order valence-electron chi connectivity index (χ4n) is 1.45. The number of hydrogen-bond acceptors (Lipinski definition) is 5.